The van der Waals surface area contributed by atoms with Crippen LogP contribution in [0.3, 0.4) is 0 Å². The van der Waals surface area contributed by atoms with E-state index in [4.69, 9.17) is 9.47 Å². The number of nitrogens with one attached hydrogen (secondary N) is 1. The highest BCUT2D eigenvalue weighted by molar-refractivity contribution is 5.76. The van der Waals surface area contributed by atoms with Crippen molar-refractivity contribution in [1.82, 2.24) is 15.1 Å². The second-order valence-corrected chi connectivity index (χ2v) is 6.37. The summed E-state index contributed by atoms with van der Waals surface area (Å²) < 4.78 is 12.5. The Balaban J connectivity index is 1.59. The topological polar surface area (TPSA) is 65.4 Å². The van der Waals surface area contributed by atoms with Crippen LogP contribution in [0.15, 0.2) is 24.4 Å². The zero-order valence-electron chi connectivity index (χ0n) is 15.0. The summed E-state index contributed by atoms with van der Waals surface area (Å²) in [6.45, 7) is 0. The molecule has 2 aromatic rings. The van der Waals surface area contributed by atoms with E-state index in [1.54, 1.807) is 14.2 Å². The highest BCUT2D eigenvalue weighted by atomic mass is 16.5. The SMILES string of the molecule is COc1ccc(CCC(=O)N[C@@H]2CCCc3c2cnn3C)cc1OC. The summed E-state index contributed by atoms with van der Waals surface area (Å²) in [5.74, 6) is 1.45. The first-order chi connectivity index (χ1) is 12.1. The molecule has 0 saturated carbocycles. The first kappa shape index (κ1) is 17.3. The summed E-state index contributed by atoms with van der Waals surface area (Å²) >= 11 is 0. The van der Waals surface area contributed by atoms with Crippen molar-refractivity contribution in [1.29, 1.82) is 0 Å². The average Bonchev–Trinajstić information content (AvgIpc) is 3.02. The number of carbonyl (C=O) groups excluding carboxylic acids is 1. The van der Waals surface area contributed by atoms with E-state index in [-0.39, 0.29) is 11.9 Å². The van der Waals surface area contributed by atoms with Crippen LogP contribution >= 0.6 is 0 Å². The van der Waals surface area contributed by atoms with Crippen molar-refractivity contribution in [3.8, 4) is 11.5 Å². The molecule has 1 aliphatic carbocycles. The van der Waals surface area contributed by atoms with Crippen LogP contribution in [0.2, 0.25) is 0 Å². The highest BCUT2D eigenvalue weighted by Gasteiger charge is 2.24. The Morgan fingerprint density at radius 1 is 1.32 bits per heavy atom. The van der Waals surface area contributed by atoms with Crippen LogP contribution in [0.5, 0.6) is 11.5 Å². The van der Waals surface area contributed by atoms with Crippen molar-refractivity contribution in [3.63, 3.8) is 0 Å². The molecule has 134 valence electrons. The maximum atomic E-state index is 12.4. The first-order valence-corrected chi connectivity index (χ1v) is 8.63. The van der Waals surface area contributed by atoms with E-state index in [0.29, 0.717) is 24.3 Å². The number of benzene rings is 1. The molecule has 6 nitrogen and oxygen atoms in total. The zero-order chi connectivity index (χ0) is 17.8. The van der Waals surface area contributed by atoms with Gasteiger partial charge in [0.25, 0.3) is 0 Å². The molecule has 1 amide bonds. The zero-order valence-corrected chi connectivity index (χ0v) is 15.0. The van der Waals surface area contributed by atoms with Crippen LogP contribution in [0, 0.1) is 0 Å². The van der Waals surface area contributed by atoms with Gasteiger partial charge in [-0.15, -0.1) is 0 Å². The number of nitrogens with zero attached hydrogens (tertiary/aromatic N) is 2. The van der Waals surface area contributed by atoms with Gasteiger partial charge in [-0.25, -0.2) is 0 Å². The molecular formula is C19H25N3O3. The Kier molecular flexibility index (Phi) is 5.26. The van der Waals surface area contributed by atoms with Crippen LogP contribution in [-0.2, 0) is 24.7 Å². The molecule has 0 saturated heterocycles. The fraction of sp³-hybridized carbons (Fsp3) is 0.474. The summed E-state index contributed by atoms with van der Waals surface area (Å²) in [7, 11) is 5.19. The Bertz CT molecular complexity index is 754. The molecule has 25 heavy (non-hydrogen) atoms. The monoisotopic (exact) mass is 343 g/mol. The lowest BCUT2D eigenvalue weighted by Crippen LogP contribution is -2.31. The third kappa shape index (κ3) is 3.78. The van der Waals surface area contributed by atoms with Gasteiger partial charge in [-0.1, -0.05) is 6.07 Å². The van der Waals surface area contributed by atoms with Gasteiger partial charge in [-0.3, -0.25) is 9.48 Å². The maximum absolute atomic E-state index is 12.4. The van der Waals surface area contributed by atoms with Crippen LogP contribution in [0.1, 0.15) is 42.1 Å². The summed E-state index contributed by atoms with van der Waals surface area (Å²) in [5, 5.41) is 7.49. The predicted molar refractivity (Wildman–Crippen MR) is 94.9 cm³/mol. The molecule has 0 radical (unpaired) electrons. The summed E-state index contributed by atoms with van der Waals surface area (Å²) in [5.41, 5.74) is 3.45. The van der Waals surface area contributed by atoms with Crippen LogP contribution in [-0.4, -0.2) is 29.9 Å². The smallest absolute Gasteiger partial charge is 0.220 e. The normalized spacial score (nSPS) is 16.2. The van der Waals surface area contributed by atoms with E-state index in [0.717, 1.165) is 30.4 Å². The Labute approximate surface area is 148 Å². The summed E-state index contributed by atoms with van der Waals surface area (Å²) in [6, 6.07) is 5.84. The van der Waals surface area contributed by atoms with Gasteiger partial charge < -0.3 is 14.8 Å². The average molecular weight is 343 g/mol. The van der Waals surface area contributed by atoms with E-state index in [1.807, 2.05) is 36.1 Å². The molecule has 3 rings (SSSR count). The molecule has 0 bridgehead atoms. The van der Waals surface area contributed by atoms with Gasteiger partial charge >= 0.3 is 0 Å². The number of hydrogen-bond acceptors (Lipinski definition) is 4. The van der Waals surface area contributed by atoms with E-state index < -0.39 is 0 Å². The van der Waals surface area contributed by atoms with E-state index in [1.165, 1.54) is 5.69 Å². The minimum atomic E-state index is 0.0662. The lowest BCUT2D eigenvalue weighted by atomic mass is 9.93. The second kappa shape index (κ2) is 7.59. The number of rotatable bonds is 6. The van der Waals surface area contributed by atoms with Crippen molar-refractivity contribution in [2.75, 3.05) is 14.2 Å². The molecular weight excluding hydrogens is 318 g/mol. The molecule has 6 heteroatoms. The third-order valence-corrected chi connectivity index (χ3v) is 4.80. The molecule has 0 aliphatic heterocycles. The number of amides is 1. The van der Waals surface area contributed by atoms with Gasteiger partial charge in [0, 0.05) is 24.7 Å². The number of carbonyl (C=O) groups is 1. The fourth-order valence-electron chi connectivity index (χ4n) is 3.42. The summed E-state index contributed by atoms with van der Waals surface area (Å²) in [4.78, 5) is 12.4. The lowest BCUT2D eigenvalue weighted by Gasteiger charge is -2.23. The molecule has 0 unspecified atom stereocenters. The number of aromatic nitrogens is 2. The van der Waals surface area contributed by atoms with Crippen molar-refractivity contribution in [2.45, 2.75) is 38.1 Å². The first-order valence-electron chi connectivity index (χ1n) is 8.63. The van der Waals surface area contributed by atoms with Gasteiger partial charge in [-0.05, 0) is 43.4 Å². The predicted octanol–water partition coefficient (Wildman–Crippen LogP) is 2.56. The number of aryl methyl sites for hydroxylation is 2. The van der Waals surface area contributed by atoms with E-state index >= 15 is 0 Å². The molecule has 1 aromatic carbocycles. The minimum absolute atomic E-state index is 0.0662. The number of fused-ring (bicyclic) bond motifs is 1. The molecule has 1 heterocycles. The van der Waals surface area contributed by atoms with Crippen LogP contribution in [0.4, 0.5) is 0 Å². The number of ether oxygens (including phenoxy) is 2. The Hall–Kier alpha value is -2.50. The third-order valence-electron chi connectivity index (χ3n) is 4.80. The largest absolute Gasteiger partial charge is 0.493 e. The van der Waals surface area contributed by atoms with Crippen molar-refractivity contribution in [3.05, 3.63) is 41.2 Å². The molecule has 1 aliphatic rings. The van der Waals surface area contributed by atoms with Crippen molar-refractivity contribution < 1.29 is 14.3 Å². The quantitative estimate of drug-likeness (QED) is 0.875. The molecule has 1 atom stereocenters. The Morgan fingerprint density at radius 2 is 2.12 bits per heavy atom. The lowest BCUT2D eigenvalue weighted by molar-refractivity contribution is -0.121. The van der Waals surface area contributed by atoms with Gasteiger partial charge in [0.2, 0.25) is 5.91 Å². The van der Waals surface area contributed by atoms with E-state index in [2.05, 4.69) is 10.4 Å². The van der Waals surface area contributed by atoms with Crippen molar-refractivity contribution >= 4 is 5.91 Å². The fourth-order valence-corrected chi connectivity index (χ4v) is 3.42. The second-order valence-electron chi connectivity index (χ2n) is 6.37. The minimum Gasteiger partial charge on any atom is -0.493 e. The van der Waals surface area contributed by atoms with Gasteiger partial charge in [0.1, 0.15) is 0 Å². The van der Waals surface area contributed by atoms with Crippen LogP contribution in [0.25, 0.3) is 0 Å². The summed E-state index contributed by atoms with van der Waals surface area (Å²) in [6.07, 6.45) is 6.08. The van der Waals surface area contributed by atoms with Gasteiger partial charge in [-0.2, -0.15) is 5.10 Å². The van der Waals surface area contributed by atoms with Gasteiger partial charge in [0.05, 0.1) is 26.5 Å². The van der Waals surface area contributed by atoms with Crippen molar-refractivity contribution in [2.24, 2.45) is 7.05 Å². The maximum Gasteiger partial charge on any atom is 0.220 e. The van der Waals surface area contributed by atoms with Gasteiger partial charge in [0.15, 0.2) is 11.5 Å². The molecule has 0 fully saturated rings. The molecule has 0 spiro atoms. The molecule has 1 aromatic heterocycles. The van der Waals surface area contributed by atoms with Crippen LogP contribution < -0.4 is 14.8 Å². The number of methoxy groups -OCH3 is 2. The highest BCUT2D eigenvalue weighted by Crippen LogP contribution is 2.30. The standard InChI is InChI=1S/C19H25N3O3/c1-22-16-6-4-5-15(14(16)12-20-22)21-19(23)10-8-13-7-9-17(24-2)18(11-13)25-3/h7,9,11-12,15H,4-6,8,10H2,1-3H3,(H,21,23)/t15-/m1/s1. The van der Waals surface area contributed by atoms with E-state index in [9.17, 15) is 4.79 Å². The number of hydrogen-bond donors (Lipinski definition) is 1. The Morgan fingerprint density at radius 3 is 2.88 bits per heavy atom. The molecule has 1 N–H and O–H groups in total.